The Balaban J connectivity index is 1.96. The Morgan fingerprint density at radius 3 is 2.46 bits per heavy atom. The first kappa shape index (κ1) is 20.1. The summed E-state index contributed by atoms with van der Waals surface area (Å²) in [6.45, 7) is 4.11. The molecular weight excluding hydrogens is 376 g/mol. The lowest BCUT2D eigenvalue weighted by Gasteiger charge is -2.21. The number of hydrogen-bond acceptors (Lipinski definition) is 3. The Morgan fingerprint density at radius 1 is 1.11 bits per heavy atom. The van der Waals surface area contributed by atoms with Gasteiger partial charge in [-0.05, 0) is 41.8 Å². The molecule has 1 aromatic heterocycles. The van der Waals surface area contributed by atoms with Gasteiger partial charge in [-0.1, -0.05) is 43.6 Å². The summed E-state index contributed by atoms with van der Waals surface area (Å²) in [5.74, 6) is -0.399. The molecule has 0 saturated heterocycles. The molecular formula is C22H23ClN2O3. The van der Waals surface area contributed by atoms with E-state index in [9.17, 15) is 9.59 Å². The third-order valence-electron chi connectivity index (χ3n) is 4.80. The average Bonchev–Trinajstić information content (AvgIpc) is 2.66. The van der Waals surface area contributed by atoms with Crippen LogP contribution in [0.2, 0.25) is 5.02 Å². The zero-order chi connectivity index (χ0) is 20.3. The highest BCUT2D eigenvalue weighted by molar-refractivity contribution is 6.30. The Hall–Kier alpha value is -2.63. The molecule has 5 nitrogen and oxygen atoms in total. The fourth-order valence-corrected chi connectivity index (χ4v) is 3.56. The quantitative estimate of drug-likeness (QED) is 0.658. The van der Waals surface area contributed by atoms with Crippen molar-refractivity contribution in [1.29, 1.82) is 0 Å². The number of fused-ring (bicyclic) bond motifs is 1. The summed E-state index contributed by atoms with van der Waals surface area (Å²) < 4.78 is 1.46. The normalized spacial score (nSPS) is 12.3. The lowest BCUT2D eigenvalue weighted by atomic mass is 9.87. The number of benzene rings is 2. The molecule has 6 heteroatoms. The molecule has 1 amide bonds. The number of anilines is 1. The molecule has 0 radical (unpaired) electrons. The highest BCUT2D eigenvalue weighted by Crippen LogP contribution is 2.29. The Labute approximate surface area is 168 Å². The van der Waals surface area contributed by atoms with Crippen LogP contribution in [-0.2, 0) is 11.3 Å². The maximum Gasteiger partial charge on any atom is 0.258 e. The van der Waals surface area contributed by atoms with Crippen molar-refractivity contribution in [2.24, 2.45) is 5.92 Å². The van der Waals surface area contributed by atoms with Gasteiger partial charge in [-0.15, -0.1) is 0 Å². The summed E-state index contributed by atoms with van der Waals surface area (Å²) in [6, 6.07) is 14.3. The van der Waals surface area contributed by atoms with E-state index in [0.717, 1.165) is 5.56 Å². The van der Waals surface area contributed by atoms with E-state index in [1.54, 1.807) is 42.6 Å². The molecule has 0 saturated carbocycles. The smallest absolute Gasteiger partial charge is 0.258 e. The molecule has 0 spiro atoms. The molecule has 1 unspecified atom stereocenters. The Bertz CT molecular complexity index is 1040. The first-order valence-corrected chi connectivity index (χ1v) is 9.59. The fraction of sp³-hybridized carbons (Fsp3) is 0.273. The van der Waals surface area contributed by atoms with E-state index in [1.807, 2.05) is 26.0 Å². The Morgan fingerprint density at radius 2 is 1.82 bits per heavy atom. The highest BCUT2D eigenvalue weighted by Gasteiger charge is 2.24. The van der Waals surface area contributed by atoms with Gasteiger partial charge < -0.3 is 15.0 Å². The molecule has 0 aliphatic carbocycles. The monoisotopic (exact) mass is 398 g/mol. The zero-order valence-corrected chi connectivity index (χ0v) is 16.6. The summed E-state index contributed by atoms with van der Waals surface area (Å²) in [6.07, 6.45) is 1.63. The number of amides is 1. The number of nitrogens with one attached hydrogen (secondary N) is 1. The summed E-state index contributed by atoms with van der Waals surface area (Å²) in [4.78, 5) is 25.7. The van der Waals surface area contributed by atoms with Crippen LogP contribution in [0.4, 0.5) is 5.69 Å². The number of pyridine rings is 1. The van der Waals surface area contributed by atoms with Gasteiger partial charge in [-0.3, -0.25) is 9.59 Å². The Kier molecular flexibility index (Phi) is 6.17. The number of halogens is 1. The van der Waals surface area contributed by atoms with E-state index < -0.39 is 0 Å². The standard InChI is InChI=1S/C22H23ClN2O3/c1-14(2)20(15-6-8-16(23)9-7-15)21(27)24-19-5-3-4-18-17(19)10-11-25(12-13-26)22(18)28/h3-11,14,20,26H,12-13H2,1-2H3,(H,24,27). The SMILES string of the molecule is CC(C)C(C(=O)Nc1cccc2c(=O)n(CCO)ccc12)c1ccc(Cl)cc1. The van der Waals surface area contributed by atoms with Crippen LogP contribution < -0.4 is 10.9 Å². The second-order valence-corrected chi connectivity index (χ2v) is 7.50. The van der Waals surface area contributed by atoms with E-state index in [1.165, 1.54) is 4.57 Å². The van der Waals surface area contributed by atoms with Crippen LogP contribution in [0.25, 0.3) is 10.8 Å². The molecule has 2 aromatic carbocycles. The van der Waals surface area contributed by atoms with Gasteiger partial charge in [0.25, 0.3) is 5.56 Å². The predicted octanol–water partition coefficient (Wildman–Crippen LogP) is 4.03. The summed E-state index contributed by atoms with van der Waals surface area (Å²) in [5, 5.41) is 13.9. The summed E-state index contributed by atoms with van der Waals surface area (Å²) >= 11 is 5.97. The second-order valence-electron chi connectivity index (χ2n) is 7.07. The van der Waals surface area contributed by atoms with Crippen molar-refractivity contribution in [2.45, 2.75) is 26.3 Å². The van der Waals surface area contributed by atoms with Crippen LogP contribution >= 0.6 is 11.6 Å². The number of nitrogens with zero attached hydrogens (tertiary/aromatic N) is 1. The number of carbonyl (C=O) groups excluding carboxylic acids is 1. The average molecular weight is 399 g/mol. The second kappa shape index (κ2) is 8.59. The molecule has 146 valence electrons. The third-order valence-corrected chi connectivity index (χ3v) is 5.05. The van der Waals surface area contributed by atoms with E-state index in [0.29, 0.717) is 21.5 Å². The first-order valence-electron chi connectivity index (χ1n) is 9.21. The van der Waals surface area contributed by atoms with Gasteiger partial charge in [0.15, 0.2) is 0 Å². The number of aromatic nitrogens is 1. The minimum Gasteiger partial charge on any atom is -0.395 e. The number of rotatable bonds is 6. The zero-order valence-electron chi connectivity index (χ0n) is 15.9. The van der Waals surface area contributed by atoms with Gasteiger partial charge in [0.2, 0.25) is 5.91 Å². The van der Waals surface area contributed by atoms with Gasteiger partial charge in [0.1, 0.15) is 0 Å². The number of aliphatic hydroxyl groups excluding tert-OH is 1. The first-order chi connectivity index (χ1) is 13.4. The van der Waals surface area contributed by atoms with Crippen molar-refractivity contribution in [1.82, 2.24) is 4.57 Å². The number of hydrogen-bond donors (Lipinski definition) is 2. The minimum atomic E-state index is -0.345. The fourth-order valence-electron chi connectivity index (χ4n) is 3.43. The molecule has 3 aromatic rings. The predicted molar refractivity (Wildman–Crippen MR) is 113 cm³/mol. The topological polar surface area (TPSA) is 71.3 Å². The molecule has 0 aliphatic rings. The van der Waals surface area contributed by atoms with Crippen LogP contribution in [0.3, 0.4) is 0 Å². The molecule has 0 aliphatic heterocycles. The molecule has 1 atom stereocenters. The van der Waals surface area contributed by atoms with Crippen molar-refractivity contribution < 1.29 is 9.90 Å². The van der Waals surface area contributed by atoms with E-state index in [2.05, 4.69) is 5.32 Å². The molecule has 1 heterocycles. The van der Waals surface area contributed by atoms with E-state index in [4.69, 9.17) is 16.7 Å². The van der Waals surface area contributed by atoms with Gasteiger partial charge in [-0.2, -0.15) is 0 Å². The van der Waals surface area contributed by atoms with E-state index in [-0.39, 0.29) is 36.5 Å². The van der Waals surface area contributed by atoms with Crippen LogP contribution in [0, 0.1) is 5.92 Å². The van der Waals surface area contributed by atoms with Gasteiger partial charge in [0.05, 0.1) is 12.5 Å². The molecule has 28 heavy (non-hydrogen) atoms. The number of aliphatic hydroxyl groups is 1. The van der Waals surface area contributed by atoms with Crippen LogP contribution in [0.15, 0.2) is 59.5 Å². The highest BCUT2D eigenvalue weighted by atomic mass is 35.5. The molecule has 0 bridgehead atoms. The lowest BCUT2D eigenvalue weighted by Crippen LogP contribution is -2.26. The lowest BCUT2D eigenvalue weighted by molar-refractivity contribution is -0.118. The van der Waals surface area contributed by atoms with Crippen molar-refractivity contribution >= 4 is 34.0 Å². The summed E-state index contributed by atoms with van der Waals surface area (Å²) in [5.41, 5.74) is 1.29. The number of carbonyl (C=O) groups is 1. The van der Waals surface area contributed by atoms with Gasteiger partial charge in [0, 0.05) is 34.2 Å². The molecule has 2 N–H and O–H groups in total. The summed E-state index contributed by atoms with van der Waals surface area (Å²) in [7, 11) is 0. The van der Waals surface area contributed by atoms with Gasteiger partial charge in [-0.25, -0.2) is 0 Å². The van der Waals surface area contributed by atoms with Crippen molar-refractivity contribution in [3.63, 3.8) is 0 Å². The molecule has 0 fully saturated rings. The van der Waals surface area contributed by atoms with Crippen LogP contribution in [0.1, 0.15) is 25.3 Å². The minimum absolute atomic E-state index is 0.0814. The van der Waals surface area contributed by atoms with Crippen molar-refractivity contribution in [3.8, 4) is 0 Å². The van der Waals surface area contributed by atoms with Crippen molar-refractivity contribution in [2.75, 3.05) is 11.9 Å². The van der Waals surface area contributed by atoms with Gasteiger partial charge >= 0.3 is 0 Å². The van der Waals surface area contributed by atoms with Crippen LogP contribution in [-0.4, -0.2) is 22.2 Å². The van der Waals surface area contributed by atoms with Crippen LogP contribution in [0.5, 0.6) is 0 Å². The largest absolute Gasteiger partial charge is 0.395 e. The van der Waals surface area contributed by atoms with Crippen molar-refractivity contribution in [3.05, 3.63) is 75.7 Å². The van der Waals surface area contributed by atoms with E-state index >= 15 is 0 Å². The maximum absolute atomic E-state index is 13.1. The third kappa shape index (κ3) is 4.11. The maximum atomic E-state index is 13.1. The molecule has 3 rings (SSSR count).